The van der Waals surface area contributed by atoms with E-state index >= 15 is 0 Å². The highest BCUT2D eigenvalue weighted by Gasteiger charge is 2.22. The topological polar surface area (TPSA) is 111 Å². The van der Waals surface area contributed by atoms with Crippen LogP contribution in [-0.4, -0.2) is 34.5 Å². The average molecular weight is 405 g/mol. The summed E-state index contributed by atoms with van der Waals surface area (Å²) in [6.45, 7) is 6.68. The molecule has 0 aliphatic carbocycles. The number of hydrogen-bond donors (Lipinski definition) is 2. The minimum atomic E-state index is -1.13. The second kappa shape index (κ2) is 9.31. The average Bonchev–Trinajstić information content (AvgIpc) is 3.07. The number of aromatic nitrogens is 1. The van der Waals surface area contributed by atoms with Crippen molar-refractivity contribution in [1.29, 1.82) is 0 Å². The Labute approximate surface area is 167 Å². The molecule has 2 rings (SSSR count). The second-order valence-electron chi connectivity index (χ2n) is 7.45. The van der Waals surface area contributed by atoms with Gasteiger partial charge in [0.05, 0.1) is 12.6 Å². The van der Waals surface area contributed by atoms with E-state index in [4.69, 9.17) is 9.15 Å². The summed E-state index contributed by atoms with van der Waals surface area (Å²) >= 11 is 0. The van der Waals surface area contributed by atoms with Crippen LogP contribution in [0.25, 0.3) is 11.3 Å². The fraction of sp³-hybridized carbons (Fsp3) is 0.400. The third-order valence-corrected chi connectivity index (χ3v) is 3.63. The summed E-state index contributed by atoms with van der Waals surface area (Å²) in [6.07, 6.45) is 0.457. The van der Waals surface area contributed by atoms with E-state index in [-0.39, 0.29) is 18.7 Å². The summed E-state index contributed by atoms with van der Waals surface area (Å²) in [5.41, 5.74) is 0.152. The largest absolute Gasteiger partial charge is 0.453 e. The van der Waals surface area contributed by atoms with Crippen molar-refractivity contribution < 1.29 is 27.9 Å². The van der Waals surface area contributed by atoms with E-state index in [0.717, 1.165) is 0 Å². The van der Waals surface area contributed by atoms with Crippen molar-refractivity contribution in [3.05, 3.63) is 42.2 Å². The zero-order chi connectivity index (χ0) is 21.6. The Balaban J connectivity index is 1.80. The van der Waals surface area contributed by atoms with E-state index in [0.29, 0.717) is 17.2 Å². The fourth-order valence-electron chi connectivity index (χ4n) is 2.28. The molecule has 156 valence electrons. The highest BCUT2D eigenvalue weighted by Crippen LogP contribution is 2.21. The Morgan fingerprint density at radius 3 is 2.48 bits per heavy atom. The van der Waals surface area contributed by atoms with Crippen molar-refractivity contribution in [3.8, 4) is 11.3 Å². The Morgan fingerprint density at radius 1 is 1.21 bits per heavy atom. The third kappa shape index (κ3) is 7.36. The lowest BCUT2D eigenvalue weighted by Crippen LogP contribution is -2.50. The predicted octanol–water partition coefficient (Wildman–Crippen LogP) is 2.97. The lowest BCUT2D eigenvalue weighted by Gasteiger charge is -2.21. The number of carbonyl (C=O) groups is 3. The molecule has 0 saturated heterocycles. The first-order chi connectivity index (χ1) is 13.5. The minimum Gasteiger partial charge on any atom is -0.453 e. The normalized spacial score (nSPS) is 12.2. The van der Waals surface area contributed by atoms with Crippen LogP contribution in [0.2, 0.25) is 0 Å². The number of nitrogens with one attached hydrogen (secondary N) is 2. The molecule has 0 fully saturated rings. The van der Waals surface area contributed by atoms with Gasteiger partial charge in [0.25, 0.3) is 5.91 Å². The van der Waals surface area contributed by atoms with E-state index in [1.807, 2.05) is 0 Å². The number of oxazole rings is 1. The molecule has 1 unspecified atom stereocenters. The van der Waals surface area contributed by atoms with Crippen LogP contribution in [0.5, 0.6) is 0 Å². The van der Waals surface area contributed by atoms with Gasteiger partial charge in [-0.15, -0.1) is 0 Å². The zero-order valence-electron chi connectivity index (χ0n) is 16.7. The molecule has 0 radical (unpaired) electrons. The van der Waals surface area contributed by atoms with E-state index in [9.17, 15) is 18.8 Å². The SMILES string of the molecule is CC(OC(=O)CCc1ncc(-c2ccc(F)cc2)o1)C(=O)NC(=O)NC(C)(C)C. The number of rotatable bonds is 6. The molecular weight excluding hydrogens is 381 g/mol. The number of halogens is 1. The number of benzene rings is 1. The van der Waals surface area contributed by atoms with Gasteiger partial charge in [0, 0.05) is 17.5 Å². The summed E-state index contributed by atoms with van der Waals surface area (Å²) in [6, 6.07) is 5.07. The first-order valence-corrected chi connectivity index (χ1v) is 9.06. The Kier molecular flexibility index (Phi) is 7.08. The van der Waals surface area contributed by atoms with Crippen molar-refractivity contribution in [2.24, 2.45) is 0 Å². The molecule has 0 saturated carbocycles. The van der Waals surface area contributed by atoms with Gasteiger partial charge in [-0.2, -0.15) is 0 Å². The summed E-state index contributed by atoms with van der Waals surface area (Å²) < 4.78 is 23.5. The maximum Gasteiger partial charge on any atom is 0.321 e. The van der Waals surface area contributed by atoms with Gasteiger partial charge in [-0.25, -0.2) is 14.2 Å². The molecule has 0 aliphatic heterocycles. The number of ether oxygens (including phenoxy) is 1. The molecule has 0 spiro atoms. The number of nitrogens with zero attached hydrogens (tertiary/aromatic N) is 1. The van der Waals surface area contributed by atoms with Gasteiger partial charge in [0.2, 0.25) is 0 Å². The molecule has 3 amide bonds. The number of imide groups is 1. The van der Waals surface area contributed by atoms with Crippen LogP contribution in [0.1, 0.15) is 40.0 Å². The van der Waals surface area contributed by atoms with Crippen LogP contribution in [0.3, 0.4) is 0 Å². The zero-order valence-corrected chi connectivity index (χ0v) is 16.7. The van der Waals surface area contributed by atoms with Crippen molar-refractivity contribution in [1.82, 2.24) is 15.6 Å². The molecule has 29 heavy (non-hydrogen) atoms. The third-order valence-electron chi connectivity index (χ3n) is 3.63. The summed E-state index contributed by atoms with van der Waals surface area (Å²) in [5.74, 6) is -0.959. The van der Waals surface area contributed by atoms with E-state index in [2.05, 4.69) is 15.6 Å². The Hall–Kier alpha value is -3.23. The lowest BCUT2D eigenvalue weighted by atomic mass is 10.1. The van der Waals surface area contributed by atoms with Gasteiger partial charge >= 0.3 is 12.0 Å². The Morgan fingerprint density at radius 2 is 1.86 bits per heavy atom. The van der Waals surface area contributed by atoms with Crippen LogP contribution in [0.4, 0.5) is 9.18 Å². The van der Waals surface area contributed by atoms with Crippen LogP contribution in [-0.2, 0) is 20.7 Å². The van der Waals surface area contributed by atoms with Crippen LogP contribution in [0, 0.1) is 5.82 Å². The summed E-state index contributed by atoms with van der Waals surface area (Å²) in [5, 5.41) is 4.69. The van der Waals surface area contributed by atoms with Crippen molar-refractivity contribution in [2.45, 2.75) is 52.2 Å². The van der Waals surface area contributed by atoms with Crippen molar-refractivity contribution in [3.63, 3.8) is 0 Å². The van der Waals surface area contributed by atoms with E-state index in [1.165, 1.54) is 25.3 Å². The van der Waals surface area contributed by atoms with Crippen LogP contribution >= 0.6 is 0 Å². The molecule has 9 heteroatoms. The first kappa shape index (κ1) is 22.1. The molecule has 2 N–H and O–H groups in total. The van der Waals surface area contributed by atoms with E-state index < -0.39 is 29.6 Å². The van der Waals surface area contributed by atoms with Gasteiger partial charge in [-0.1, -0.05) is 0 Å². The molecule has 0 aliphatic rings. The number of amides is 3. The fourth-order valence-corrected chi connectivity index (χ4v) is 2.28. The first-order valence-electron chi connectivity index (χ1n) is 9.06. The van der Waals surface area contributed by atoms with Gasteiger partial charge in [-0.3, -0.25) is 14.9 Å². The molecular formula is C20H24FN3O5. The van der Waals surface area contributed by atoms with Crippen molar-refractivity contribution >= 4 is 17.9 Å². The predicted molar refractivity (Wildman–Crippen MR) is 102 cm³/mol. The number of hydrogen-bond acceptors (Lipinski definition) is 6. The number of aryl methyl sites for hydroxylation is 1. The monoisotopic (exact) mass is 405 g/mol. The van der Waals surface area contributed by atoms with Gasteiger partial charge in [0.15, 0.2) is 17.8 Å². The molecule has 2 aromatic rings. The Bertz CT molecular complexity index is 871. The smallest absolute Gasteiger partial charge is 0.321 e. The summed E-state index contributed by atoms with van der Waals surface area (Å²) in [4.78, 5) is 39.6. The lowest BCUT2D eigenvalue weighted by molar-refractivity contribution is -0.154. The maximum absolute atomic E-state index is 13.0. The number of carbonyl (C=O) groups excluding carboxylic acids is 3. The molecule has 1 aromatic carbocycles. The van der Waals surface area contributed by atoms with Gasteiger partial charge in [-0.05, 0) is 52.0 Å². The molecule has 0 bridgehead atoms. The molecule has 1 heterocycles. The number of esters is 1. The summed E-state index contributed by atoms with van der Waals surface area (Å²) in [7, 11) is 0. The highest BCUT2D eigenvalue weighted by molar-refractivity contribution is 5.97. The molecule has 8 nitrogen and oxygen atoms in total. The number of urea groups is 1. The van der Waals surface area contributed by atoms with Gasteiger partial charge in [0.1, 0.15) is 5.82 Å². The molecule has 1 atom stereocenters. The van der Waals surface area contributed by atoms with Crippen molar-refractivity contribution in [2.75, 3.05) is 0 Å². The minimum absolute atomic E-state index is 0.0603. The highest BCUT2D eigenvalue weighted by atomic mass is 19.1. The van der Waals surface area contributed by atoms with Gasteiger partial charge < -0.3 is 14.5 Å². The quantitative estimate of drug-likeness (QED) is 0.715. The second-order valence-corrected chi connectivity index (χ2v) is 7.45. The van der Waals surface area contributed by atoms with Crippen LogP contribution in [0.15, 0.2) is 34.9 Å². The maximum atomic E-state index is 13.0. The van der Waals surface area contributed by atoms with E-state index in [1.54, 1.807) is 32.9 Å². The standard InChI is InChI=1S/C20H24FN3O5/c1-12(18(26)23-19(27)24-20(2,3)4)28-17(25)10-9-16-22-11-15(29-16)13-5-7-14(21)8-6-13/h5-8,11-12H,9-10H2,1-4H3,(H2,23,24,26,27). The molecule has 1 aromatic heterocycles. The van der Waals surface area contributed by atoms with Crippen LogP contribution < -0.4 is 10.6 Å².